The molecule has 34 heavy (non-hydrogen) atoms. The molecule has 0 unspecified atom stereocenters. The molecule has 1 saturated heterocycles. The van der Waals surface area contributed by atoms with Crippen LogP contribution in [-0.2, 0) is 11.3 Å². The highest BCUT2D eigenvalue weighted by molar-refractivity contribution is 6.34. The van der Waals surface area contributed by atoms with Gasteiger partial charge in [-0.3, -0.25) is 4.90 Å². The maximum atomic E-state index is 15.0. The number of benzene rings is 2. The van der Waals surface area contributed by atoms with Crippen molar-refractivity contribution in [2.24, 2.45) is 0 Å². The SMILES string of the molecule is C[C@H]1[C@H](Oc2cc(F)c(C(=O)OC(C)(C)C)cc2C2CC2)CCCN1Cc1cc(Cl)cc(Cl)c1. The first-order valence-corrected chi connectivity index (χ1v) is 12.7. The van der Waals surface area contributed by atoms with Gasteiger partial charge >= 0.3 is 5.97 Å². The second kappa shape index (κ2) is 10.0. The Balaban J connectivity index is 1.53. The lowest BCUT2D eigenvalue weighted by molar-refractivity contribution is 0.00641. The molecule has 0 aromatic heterocycles. The van der Waals surface area contributed by atoms with E-state index in [0.29, 0.717) is 28.3 Å². The number of carbonyl (C=O) groups is 1. The van der Waals surface area contributed by atoms with Crippen molar-refractivity contribution >= 4 is 29.2 Å². The van der Waals surface area contributed by atoms with Gasteiger partial charge in [0, 0.05) is 28.7 Å². The smallest absolute Gasteiger partial charge is 0.341 e. The summed E-state index contributed by atoms with van der Waals surface area (Å²) in [5.41, 5.74) is 1.23. The van der Waals surface area contributed by atoms with E-state index in [2.05, 4.69) is 11.8 Å². The molecule has 4 nitrogen and oxygen atoms in total. The van der Waals surface area contributed by atoms with Gasteiger partial charge in [0.05, 0.1) is 5.56 Å². The van der Waals surface area contributed by atoms with Crippen LogP contribution in [0.2, 0.25) is 10.0 Å². The van der Waals surface area contributed by atoms with Crippen molar-refractivity contribution in [3.8, 4) is 5.75 Å². The van der Waals surface area contributed by atoms with Gasteiger partial charge in [-0.25, -0.2) is 9.18 Å². The molecule has 2 atom stereocenters. The highest BCUT2D eigenvalue weighted by Gasteiger charge is 2.34. The minimum Gasteiger partial charge on any atom is -0.488 e. The van der Waals surface area contributed by atoms with E-state index < -0.39 is 17.4 Å². The van der Waals surface area contributed by atoms with Crippen LogP contribution in [-0.4, -0.2) is 35.2 Å². The van der Waals surface area contributed by atoms with Gasteiger partial charge in [0.15, 0.2) is 0 Å². The van der Waals surface area contributed by atoms with Crippen molar-refractivity contribution in [2.45, 2.75) is 83.6 Å². The molecule has 2 aromatic carbocycles. The number of hydrogen-bond acceptors (Lipinski definition) is 4. The third kappa shape index (κ3) is 6.24. The molecule has 1 saturated carbocycles. The fourth-order valence-electron chi connectivity index (χ4n) is 4.53. The summed E-state index contributed by atoms with van der Waals surface area (Å²) in [5.74, 6) is -0.421. The van der Waals surface area contributed by atoms with E-state index in [1.807, 2.05) is 12.1 Å². The quantitative estimate of drug-likeness (QED) is 0.381. The van der Waals surface area contributed by atoms with Gasteiger partial charge in [-0.05, 0) is 101 Å². The van der Waals surface area contributed by atoms with E-state index >= 15 is 4.39 Å². The number of ether oxygens (including phenoxy) is 2. The number of piperidine rings is 1. The highest BCUT2D eigenvalue weighted by Crippen LogP contribution is 2.46. The van der Waals surface area contributed by atoms with Gasteiger partial charge in [0.25, 0.3) is 0 Å². The van der Waals surface area contributed by atoms with E-state index in [9.17, 15) is 4.79 Å². The summed E-state index contributed by atoms with van der Waals surface area (Å²) in [6, 6.07) is 8.71. The van der Waals surface area contributed by atoms with Gasteiger partial charge < -0.3 is 9.47 Å². The predicted molar refractivity (Wildman–Crippen MR) is 134 cm³/mol. The zero-order valence-corrected chi connectivity index (χ0v) is 21.7. The molecule has 184 valence electrons. The summed E-state index contributed by atoms with van der Waals surface area (Å²) in [6.07, 6.45) is 3.79. The van der Waals surface area contributed by atoms with Crippen molar-refractivity contribution in [3.63, 3.8) is 0 Å². The maximum absolute atomic E-state index is 15.0. The molecule has 0 spiro atoms. The van der Waals surface area contributed by atoms with Crippen LogP contribution in [0, 0.1) is 5.82 Å². The number of halogens is 3. The first kappa shape index (κ1) is 25.3. The van der Waals surface area contributed by atoms with Crippen molar-refractivity contribution in [2.75, 3.05) is 6.54 Å². The van der Waals surface area contributed by atoms with Gasteiger partial charge in [-0.2, -0.15) is 0 Å². The van der Waals surface area contributed by atoms with E-state index in [1.165, 1.54) is 6.07 Å². The summed E-state index contributed by atoms with van der Waals surface area (Å²) in [5, 5.41) is 1.24. The molecule has 1 aliphatic carbocycles. The lowest BCUT2D eigenvalue weighted by atomic mass is 9.98. The van der Waals surface area contributed by atoms with Crippen LogP contribution in [0.5, 0.6) is 5.75 Å². The Kier molecular flexibility index (Phi) is 7.47. The minimum atomic E-state index is -0.688. The number of hydrogen-bond donors (Lipinski definition) is 0. The third-order valence-electron chi connectivity index (χ3n) is 6.37. The van der Waals surface area contributed by atoms with E-state index in [1.54, 1.807) is 32.9 Å². The summed E-state index contributed by atoms with van der Waals surface area (Å²) in [7, 11) is 0. The molecule has 2 aromatic rings. The molecule has 0 bridgehead atoms. The average Bonchev–Trinajstić information content (AvgIpc) is 3.54. The fourth-order valence-corrected chi connectivity index (χ4v) is 5.10. The summed E-state index contributed by atoms with van der Waals surface area (Å²) >= 11 is 12.4. The number of likely N-dealkylation sites (tertiary alicyclic amines) is 1. The van der Waals surface area contributed by atoms with Gasteiger partial charge in [-0.15, -0.1) is 0 Å². The number of esters is 1. The summed E-state index contributed by atoms with van der Waals surface area (Å²) in [6.45, 7) is 9.11. The molecule has 0 amide bonds. The zero-order valence-electron chi connectivity index (χ0n) is 20.2. The topological polar surface area (TPSA) is 38.8 Å². The predicted octanol–water partition coefficient (Wildman–Crippen LogP) is 7.40. The second-order valence-electron chi connectivity index (χ2n) is 10.4. The van der Waals surface area contributed by atoms with Crippen LogP contribution in [0.3, 0.4) is 0 Å². The van der Waals surface area contributed by atoms with E-state index in [4.69, 9.17) is 32.7 Å². The van der Waals surface area contributed by atoms with Crippen LogP contribution in [0.4, 0.5) is 4.39 Å². The second-order valence-corrected chi connectivity index (χ2v) is 11.3. The number of carbonyl (C=O) groups excluding carboxylic acids is 1. The molecule has 2 fully saturated rings. The Morgan fingerprint density at radius 1 is 1.09 bits per heavy atom. The lowest BCUT2D eigenvalue weighted by Gasteiger charge is -2.39. The molecule has 7 heteroatoms. The first-order valence-electron chi connectivity index (χ1n) is 11.9. The van der Waals surface area contributed by atoms with Crippen LogP contribution < -0.4 is 4.74 Å². The van der Waals surface area contributed by atoms with Crippen LogP contribution in [0.25, 0.3) is 0 Å². The Bertz CT molecular complexity index is 1040. The Morgan fingerprint density at radius 2 is 1.76 bits per heavy atom. The molecule has 4 rings (SSSR count). The largest absolute Gasteiger partial charge is 0.488 e. The van der Waals surface area contributed by atoms with Crippen LogP contribution in [0.1, 0.15) is 80.8 Å². The Hall–Kier alpha value is -1.82. The van der Waals surface area contributed by atoms with Crippen molar-refractivity contribution in [1.82, 2.24) is 4.90 Å². The molecule has 1 heterocycles. The highest BCUT2D eigenvalue weighted by atomic mass is 35.5. The van der Waals surface area contributed by atoms with Gasteiger partial charge in [0.2, 0.25) is 0 Å². The molecule has 0 N–H and O–H groups in total. The lowest BCUT2D eigenvalue weighted by Crippen LogP contribution is -2.48. The van der Waals surface area contributed by atoms with Gasteiger partial charge in [-0.1, -0.05) is 23.2 Å². The first-order chi connectivity index (χ1) is 16.0. The molecule has 2 aliphatic rings. The molecule has 0 radical (unpaired) electrons. The van der Waals surface area contributed by atoms with Crippen molar-refractivity contribution in [1.29, 1.82) is 0 Å². The average molecular weight is 508 g/mol. The fraction of sp³-hybridized carbons (Fsp3) is 0.519. The van der Waals surface area contributed by atoms with Crippen molar-refractivity contribution < 1.29 is 18.7 Å². The van der Waals surface area contributed by atoms with Crippen molar-refractivity contribution in [3.05, 3.63) is 62.9 Å². The summed E-state index contributed by atoms with van der Waals surface area (Å²) < 4.78 is 26.9. The van der Waals surface area contributed by atoms with Gasteiger partial charge in [0.1, 0.15) is 23.3 Å². The standard InChI is InChI=1S/C27H32Cl2FNO3/c1-16-24(6-5-9-31(16)15-17-10-19(28)12-20(29)11-17)33-25-14-23(30)22(13-21(25)18-7-8-18)26(32)34-27(2,3)4/h10-14,16,18,24H,5-9,15H2,1-4H3/t16-,24+/m0/s1. The molecular formula is C27H32Cl2FNO3. The maximum Gasteiger partial charge on any atom is 0.341 e. The van der Waals surface area contributed by atoms with E-state index in [0.717, 1.165) is 43.4 Å². The molecular weight excluding hydrogens is 476 g/mol. The van der Waals surface area contributed by atoms with Crippen LogP contribution in [0.15, 0.2) is 30.3 Å². The number of rotatable bonds is 6. The third-order valence-corrected chi connectivity index (χ3v) is 6.81. The number of nitrogens with zero attached hydrogens (tertiary/aromatic N) is 1. The Labute approximate surface area is 211 Å². The normalized spacial score (nSPS) is 21.4. The van der Waals surface area contributed by atoms with Crippen LogP contribution >= 0.6 is 23.2 Å². The Morgan fingerprint density at radius 3 is 2.38 bits per heavy atom. The zero-order chi connectivity index (χ0) is 24.6. The van der Waals surface area contributed by atoms with E-state index in [-0.39, 0.29) is 17.7 Å². The summed E-state index contributed by atoms with van der Waals surface area (Å²) in [4.78, 5) is 14.9. The minimum absolute atomic E-state index is 0.0275. The monoisotopic (exact) mass is 507 g/mol. The molecule has 1 aliphatic heterocycles.